The fourth-order valence-electron chi connectivity index (χ4n) is 3.20. The molecule has 0 amide bonds. The van der Waals surface area contributed by atoms with Crippen LogP contribution in [-0.4, -0.2) is 10.5 Å². The van der Waals surface area contributed by atoms with Crippen LogP contribution >= 0.6 is 11.8 Å². The summed E-state index contributed by atoms with van der Waals surface area (Å²) in [6.07, 6.45) is 3.24. The predicted octanol–water partition coefficient (Wildman–Crippen LogP) is 1.76. The van der Waals surface area contributed by atoms with Gasteiger partial charge in [-0.2, -0.15) is 11.8 Å². The monoisotopic (exact) mass is 138 g/mol. The molecule has 4 atom stereocenters. The van der Waals surface area contributed by atoms with Crippen molar-refractivity contribution in [1.29, 1.82) is 0 Å². The smallest absolute Gasteiger partial charge is 0.0113 e. The van der Waals surface area contributed by atoms with Crippen LogP contribution in [-0.2, 0) is 0 Å². The highest BCUT2D eigenvalue weighted by molar-refractivity contribution is 8.01. The highest BCUT2D eigenvalue weighted by atomic mass is 32.2. The van der Waals surface area contributed by atoms with Crippen molar-refractivity contribution in [1.82, 2.24) is 0 Å². The summed E-state index contributed by atoms with van der Waals surface area (Å²) >= 11 is 2.35. The molecule has 2 bridgehead atoms. The lowest BCUT2D eigenvalue weighted by Gasteiger charge is -2.04. The molecule has 2 aliphatic heterocycles. The van der Waals surface area contributed by atoms with Crippen LogP contribution in [0.1, 0.15) is 12.8 Å². The minimum atomic E-state index is 1.17. The summed E-state index contributed by atoms with van der Waals surface area (Å²) in [5, 5.41) is 2.34. The molecule has 2 saturated carbocycles. The standard InChI is InChI=1S/C8H10S/c1-3-4(1)8-6-2-5(6)7(3)9-8/h3-8H,1-2H2. The second-order valence-corrected chi connectivity index (χ2v) is 5.55. The molecule has 4 fully saturated rings. The molecule has 2 heterocycles. The van der Waals surface area contributed by atoms with E-state index < -0.39 is 0 Å². The van der Waals surface area contributed by atoms with E-state index in [1.165, 1.54) is 34.2 Å². The van der Waals surface area contributed by atoms with Crippen LogP contribution in [0.15, 0.2) is 0 Å². The third kappa shape index (κ3) is 0.322. The zero-order valence-electron chi connectivity index (χ0n) is 5.29. The van der Waals surface area contributed by atoms with Gasteiger partial charge >= 0.3 is 0 Å². The number of thioether (sulfide) groups is 1. The Labute approximate surface area is 59.4 Å². The van der Waals surface area contributed by atoms with Gasteiger partial charge in [0.05, 0.1) is 0 Å². The van der Waals surface area contributed by atoms with Crippen molar-refractivity contribution in [3.8, 4) is 0 Å². The van der Waals surface area contributed by atoms with E-state index in [1.807, 2.05) is 0 Å². The number of hydrogen-bond acceptors (Lipinski definition) is 1. The summed E-state index contributed by atoms with van der Waals surface area (Å²) in [4.78, 5) is 0. The van der Waals surface area contributed by atoms with E-state index in [-0.39, 0.29) is 0 Å². The first kappa shape index (κ1) is 4.27. The Hall–Kier alpha value is 0.350. The van der Waals surface area contributed by atoms with Crippen molar-refractivity contribution in [2.24, 2.45) is 23.7 Å². The Morgan fingerprint density at radius 3 is 1.56 bits per heavy atom. The molecular formula is C8H10S. The highest BCUT2D eigenvalue weighted by Gasteiger charge is 2.71. The SMILES string of the molecule is C1C2C1C1SC2C2CC21. The first-order valence-electron chi connectivity index (χ1n) is 4.10. The second kappa shape index (κ2) is 0.990. The van der Waals surface area contributed by atoms with Gasteiger partial charge in [-0.15, -0.1) is 0 Å². The fraction of sp³-hybridized carbons (Fsp3) is 1.00. The lowest BCUT2D eigenvalue weighted by atomic mass is 10.0. The molecule has 48 valence electrons. The normalized spacial score (nSPS) is 80.0. The van der Waals surface area contributed by atoms with E-state index >= 15 is 0 Å². The van der Waals surface area contributed by atoms with Crippen LogP contribution in [0, 0.1) is 23.7 Å². The number of fused-ring (bicyclic) bond motifs is 8. The number of hydrogen-bond donors (Lipinski definition) is 0. The highest BCUT2D eigenvalue weighted by Crippen LogP contribution is 2.76. The summed E-state index contributed by atoms with van der Waals surface area (Å²) in [5.41, 5.74) is 0. The first-order chi connectivity index (χ1) is 4.45. The first-order valence-corrected chi connectivity index (χ1v) is 5.05. The Bertz CT molecular complexity index is 153. The largest absolute Gasteiger partial charge is 0.154 e. The van der Waals surface area contributed by atoms with Crippen LogP contribution < -0.4 is 0 Å². The van der Waals surface area contributed by atoms with Gasteiger partial charge in [0.2, 0.25) is 0 Å². The van der Waals surface area contributed by atoms with Crippen LogP contribution in [0.25, 0.3) is 0 Å². The van der Waals surface area contributed by atoms with Crippen molar-refractivity contribution in [3.63, 3.8) is 0 Å². The predicted molar refractivity (Wildman–Crippen MR) is 38.4 cm³/mol. The van der Waals surface area contributed by atoms with Crippen LogP contribution in [0.4, 0.5) is 0 Å². The summed E-state index contributed by atoms with van der Waals surface area (Å²) in [7, 11) is 0. The number of rotatable bonds is 0. The van der Waals surface area contributed by atoms with Crippen LogP contribution in [0.2, 0.25) is 0 Å². The van der Waals surface area contributed by atoms with E-state index in [2.05, 4.69) is 11.8 Å². The molecular weight excluding hydrogens is 128 g/mol. The van der Waals surface area contributed by atoms with Gasteiger partial charge in [-0.25, -0.2) is 0 Å². The topological polar surface area (TPSA) is 0 Å². The van der Waals surface area contributed by atoms with Gasteiger partial charge in [0.25, 0.3) is 0 Å². The molecule has 4 rings (SSSR count). The van der Waals surface area contributed by atoms with Gasteiger partial charge in [0.15, 0.2) is 0 Å². The van der Waals surface area contributed by atoms with Crippen molar-refractivity contribution in [2.75, 3.05) is 0 Å². The summed E-state index contributed by atoms with van der Waals surface area (Å²) in [6.45, 7) is 0. The zero-order chi connectivity index (χ0) is 5.59. The van der Waals surface area contributed by atoms with Crippen molar-refractivity contribution in [3.05, 3.63) is 0 Å². The molecule has 0 aromatic heterocycles. The van der Waals surface area contributed by atoms with Crippen molar-refractivity contribution >= 4 is 11.8 Å². The Kier molecular flexibility index (Phi) is 0.470. The average Bonchev–Trinajstić information content (AvgIpc) is 2.74. The Morgan fingerprint density at radius 2 is 1.22 bits per heavy atom. The van der Waals surface area contributed by atoms with E-state index in [0.717, 1.165) is 0 Å². The summed E-state index contributed by atoms with van der Waals surface area (Å²) in [5.74, 6) is 4.90. The van der Waals surface area contributed by atoms with E-state index in [4.69, 9.17) is 0 Å². The van der Waals surface area contributed by atoms with Gasteiger partial charge in [0, 0.05) is 10.5 Å². The van der Waals surface area contributed by atoms with Gasteiger partial charge in [-0.3, -0.25) is 0 Å². The van der Waals surface area contributed by atoms with E-state index in [0.29, 0.717) is 0 Å². The minimum absolute atomic E-state index is 1.17. The van der Waals surface area contributed by atoms with E-state index in [1.54, 1.807) is 12.8 Å². The molecule has 2 saturated heterocycles. The maximum atomic E-state index is 2.35. The maximum absolute atomic E-state index is 2.35. The van der Waals surface area contributed by atoms with Gasteiger partial charge in [0.1, 0.15) is 0 Å². The second-order valence-electron chi connectivity index (χ2n) is 4.19. The third-order valence-electron chi connectivity index (χ3n) is 3.78. The summed E-state index contributed by atoms with van der Waals surface area (Å²) in [6, 6.07) is 0. The van der Waals surface area contributed by atoms with E-state index in [9.17, 15) is 0 Å². The fourth-order valence-corrected chi connectivity index (χ4v) is 5.62. The molecule has 0 N–H and O–H groups in total. The van der Waals surface area contributed by atoms with Gasteiger partial charge in [-0.1, -0.05) is 0 Å². The summed E-state index contributed by atoms with van der Waals surface area (Å²) < 4.78 is 0. The quantitative estimate of drug-likeness (QED) is 0.491. The molecule has 9 heavy (non-hydrogen) atoms. The van der Waals surface area contributed by atoms with Crippen molar-refractivity contribution < 1.29 is 0 Å². The Morgan fingerprint density at radius 1 is 0.778 bits per heavy atom. The lowest BCUT2D eigenvalue weighted by Crippen LogP contribution is -2.07. The molecule has 4 unspecified atom stereocenters. The van der Waals surface area contributed by atoms with Gasteiger partial charge < -0.3 is 0 Å². The third-order valence-corrected chi connectivity index (χ3v) is 5.81. The van der Waals surface area contributed by atoms with Crippen LogP contribution in [0.3, 0.4) is 0 Å². The molecule has 0 spiro atoms. The zero-order valence-corrected chi connectivity index (χ0v) is 6.10. The minimum Gasteiger partial charge on any atom is -0.154 e. The molecule has 0 radical (unpaired) electrons. The van der Waals surface area contributed by atoms with Gasteiger partial charge in [-0.05, 0) is 36.5 Å². The maximum Gasteiger partial charge on any atom is 0.0113 e. The molecule has 0 aromatic carbocycles. The molecule has 4 aliphatic rings. The average molecular weight is 138 g/mol. The lowest BCUT2D eigenvalue weighted by molar-refractivity contribution is 0.527. The Balaban J connectivity index is 1.91. The van der Waals surface area contributed by atoms with Crippen molar-refractivity contribution in [2.45, 2.75) is 23.3 Å². The molecule has 2 aliphatic carbocycles. The molecule has 1 heteroatoms. The molecule has 0 nitrogen and oxygen atoms in total. The van der Waals surface area contributed by atoms with Crippen LogP contribution in [0.5, 0.6) is 0 Å². The molecule has 0 aromatic rings.